The quantitative estimate of drug-likeness (QED) is 0.329. The van der Waals surface area contributed by atoms with Crippen LogP contribution < -0.4 is 46.6 Å². The average Bonchev–Trinajstić information content (AvgIpc) is 2.09. The molecule has 0 bridgehead atoms. The average molecular weight is 430 g/mol. The fourth-order valence-corrected chi connectivity index (χ4v) is 0. The van der Waals surface area contributed by atoms with Crippen LogP contribution in [0.3, 0.4) is 0 Å². The minimum absolute atomic E-state index is 0. The van der Waals surface area contributed by atoms with Crippen molar-refractivity contribution in [3.05, 3.63) is 0 Å². The molecule has 0 aliphatic heterocycles. The molecule has 16 heteroatoms. The van der Waals surface area contributed by atoms with E-state index in [1.54, 1.807) is 0 Å². The van der Waals surface area contributed by atoms with Crippen LogP contribution in [-0.4, -0.2) is 0 Å². The first-order valence-electron chi connectivity index (χ1n) is 1.54. The molecule has 0 saturated heterocycles. The third-order valence-electron chi connectivity index (χ3n) is 0. The molecule has 0 aromatic carbocycles. The molecule has 0 unspecified atom stereocenters. The molecule has 0 heterocycles. The Kier molecular flexibility index (Phi) is 205. The maximum Gasteiger partial charge on any atom is 5.00 e. The molecule has 0 N–H and O–H groups in total. The first-order chi connectivity index (χ1) is 7.07. The number of hydrogen-bond donors (Lipinski definition) is 0. The van der Waals surface area contributed by atoms with E-state index >= 15 is 0 Å². The van der Waals surface area contributed by atoms with Crippen molar-refractivity contribution in [3.8, 4) is 0 Å². The third-order valence-corrected chi connectivity index (χ3v) is 0. The summed E-state index contributed by atoms with van der Waals surface area (Å²) in [7, 11) is 0. The van der Waals surface area contributed by atoms with E-state index in [0.717, 1.165) is 0 Å². The molecule has 10 nitrogen and oxygen atoms in total. The minimum Gasteiger partial charge on any atom is -0.544 e. The Balaban J connectivity index is -0.0000000192. The van der Waals surface area contributed by atoms with Crippen molar-refractivity contribution in [1.29, 1.82) is 0 Å². The fraction of sp³-hybridized carbons (Fsp3) is 0. The summed E-state index contributed by atoms with van der Waals surface area (Å²) in [4.78, 5) is 0. The normalized spacial score (nSPS) is 5.62. The van der Waals surface area contributed by atoms with Crippen molar-refractivity contribution in [3.63, 3.8) is 0 Å². The van der Waals surface area contributed by atoms with Gasteiger partial charge in [-0.05, 0) is 0 Å². The van der Waals surface area contributed by atoms with Crippen LogP contribution >= 0.6 is 0 Å². The van der Waals surface area contributed by atoms with Crippen molar-refractivity contribution >= 4 is 0 Å². The summed E-state index contributed by atoms with van der Waals surface area (Å²) >= 11 is -2.08. The largest absolute Gasteiger partial charge is 5.00 e. The van der Waals surface area contributed by atoms with Crippen LogP contribution in [0.15, 0.2) is 0 Å². The second-order valence-corrected chi connectivity index (χ2v) is 0.945. The van der Waals surface area contributed by atoms with Crippen LogP contribution in [0.25, 0.3) is 0 Å². The van der Waals surface area contributed by atoms with Crippen LogP contribution in [0.1, 0.15) is 0 Å². The number of hydrogen-bond acceptors (Lipinski definition) is 10. The summed E-state index contributed by atoms with van der Waals surface area (Å²) in [5.41, 5.74) is 0. The maximum absolute atomic E-state index is 8.24. The van der Waals surface area contributed by atoms with E-state index in [1.165, 1.54) is 0 Å². The SMILES string of the molecule is [Nb+5].[O-][Cl+][O-].[O-][Cl+][O-].[O-][Cl+][O-].[O-][Cl+][O-].[O-][Cl+][O-]. The van der Waals surface area contributed by atoms with Gasteiger partial charge < -0.3 is 46.6 Å². The molecule has 16 heavy (non-hydrogen) atoms. The van der Waals surface area contributed by atoms with Crippen LogP contribution in [0.5, 0.6) is 0 Å². The van der Waals surface area contributed by atoms with Gasteiger partial charge in [-0.25, -0.2) is 0 Å². The molecule has 0 aromatic heterocycles. The van der Waals surface area contributed by atoms with E-state index in [4.69, 9.17) is 46.6 Å². The Labute approximate surface area is 125 Å². The standard InChI is InChI=1S/5ClO2.Nb/c5*2-1-3;/q5*-1;+5. The smallest absolute Gasteiger partial charge is 0.544 e. The molecule has 0 aliphatic carbocycles. The van der Waals surface area contributed by atoms with Crippen LogP contribution in [-0.2, 0) is 22.4 Å². The molecular weight excluding hydrogens is 430 g/mol. The van der Waals surface area contributed by atoms with Gasteiger partial charge in [-0.15, -0.1) is 0 Å². The van der Waals surface area contributed by atoms with Crippen molar-refractivity contribution < 1.29 is 126 Å². The summed E-state index contributed by atoms with van der Waals surface area (Å²) in [6.07, 6.45) is 0. The molecule has 0 aliphatic rings. The molecular formula is Cl5NbO10. The van der Waals surface area contributed by atoms with Gasteiger partial charge in [0, 0.05) is 0 Å². The molecule has 0 atom stereocenters. The van der Waals surface area contributed by atoms with Crippen molar-refractivity contribution in [2.75, 3.05) is 0 Å². The number of rotatable bonds is 0. The van der Waals surface area contributed by atoms with Gasteiger partial charge in [-0.2, -0.15) is 0 Å². The van der Waals surface area contributed by atoms with E-state index in [1.807, 2.05) is 0 Å². The molecule has 0 spiro atoms. The Bertz CT molecular complexity index is 30.8. The number of halogens is 5. The van der Waals surface area contributed by atoms with Gasteiger partial charge in [-0.3, -0.25) is 0 Å². The zero-order chi connectivity index (χ0) is 13.5. The fourth-order valence-electron chi connectivity index (χ4n) is 0. The first kappa shape index (κ1) is 36.1. The summed E-state index contributed by atoms with van der Waals surface area (Å²) in [6.45, 7) is 0. The summed E-state index contributed by atoms with van der Waals surface area (Å²) in [5, 5.41) is 0. The van der Waals surface area contributed by atoms with Crippen LogP contribution in [0, 0.1) is 56.6 Å². The molecule has 0 rings (SSSR count). The Morgan fingerprint density at radius 1 is 0.312 bits per heavy atom. The van der Waals surface area contributed by atoms with Gasteiger partial charge in [0.2, 0.25) is 0 Å². The van der Waals surface area contributed by atoms with E-state index in [2.05, 4.69) is 0 Å². The monoisotopic (exact) mass is 428 g/mol. The van der Waals surface area contributed by atoms with E-state index in [-0.39, 0.29) is 22.4 Å². The van der Waals surface area contributed by atoms with E-state index in [9.17, 15) is 0 Å². The molecule has 0 aromatic rings. The van der Waals surface area contributed by atoms with Gasteiger partial charge in [0.25, 0.3) is 0 Å². The van der Waals surface area contributed by atoms with Gasteiger partial charge in [-0.1, -0.05) is 0 Å². The predicted molar refractivity (Wildman–Crippen MR) is 0 cm³/mol. The Hall–Kier alpha value is 1.79. The zero-order valence-corrected chi connectivity index (χ0v) is 12.4. The third kappa shape index (κ3) is 1080. The van der Waals surface area contributed by atoms with Gasteiger partial charge in [0.05, 0.1) is 56.6 Å². The molecule has 0 saturated carbocycles. The van der Waals surface area contributed by atoms with Crippen molar-refractivity contribution in [2.24, 2.45) is 0 Å². The van der Waals surface area contributed by atoms with Crippen molar-refractivity contribution in [1.82, 2.24) is 0 Å². The topological polar surface area (TPSA) is 231 Å². The van der Waals surface area contributed by atoms with E-state index in [0.29, 0.717) is 0 Å². The minimum atomic E-state index is -0.417. The Morgan fingerprint density at radius 3 is 0.312 bits per heavy atom. The zero-order valence-electron chi connectivity index (χ0n) is 6.42. The van der Waals surface area contributed by atoms with E-state index < -0.39 is 56.6 Å². The molecule has 0 fully saturated rings. The second-order valence-electron chi connectivity index (χ2n) is 0.315. The van der Waals surface area contributed by atoms with Gasteiger partial charge >= 0.3 is 22.4 Å². The van der Waals surface area contributed by atoms with Crippen molar-refractivity contribution in [2.45, 2.75) is 0 Å². The molecule has 0 radical (unpaired) electrons. The molecule has 0 amide bonds. The van der Waals surface area contributed by atoms with Gasteiger partial charge in [0.15, 0.2) is 0 Å². The maximum atomic E-state index is 8.24. The predicted octanol–water partition coefficient (Wildman–Crippen LogP) is -11.9. The van der Waals surface area contributed by atoms with Gasteiger partial charge in [0.1, 0.15) is 0 Å². The Morgan fingerprint density at radius 2 is 0.312 bits per heavy atom. The van der Waals surface area contributed by atoms with Crippen LogP contribution in [0.2, 0.25) is 0 Å². The summed E-state index contributed by atoms with van der Waals surface area (Å²) in [6, 6.07) is 0. The van der Waals surface area contributed by atoms with Crippen LogP contribution in [0.4, 0.5) is 0 Å². The molecule has 100 valence electrons. The second kappa shape index (κ2) is 90.8. The summed E-state index contributed by atoms with van der Waals surface area (Å²) < 4.78 is 82.4. The first-order valence-corrected chi connectivity index (χ1v) is 4.63. The summed E-state index contributed by atoms with van der Waals surface area (Å²) in [5.74, 6) is 0.